The van der Waals surface area contributed by atoms with E-state index in [1.54, 1.807) is 7.05 Å². The smallest absolute Gasteiger partial charge is 0.257 e. The first-order chi connectivity index (χ1) is 8.12. The molecule has 0 bridgehead atoms. The van der Waals surface area contributed by atoms with E-state index in [2.05, 4.69) is 31.6 Å². The Morgan fingerprint density at radius 2 is 2.24 bits per heavy atom. The van der Waals surface area contributed by atoms with E-state index in [9.17, 15) is 4.79 Å². The van der Waals surface area contributed by atoms with Crippen molar-refractivity contribution < 1.29 is 4.79 Å². The van der Waals surface area contributed by atoms with Crippen LogP contribution < -0.4 is 10.6 Å². The number of guanidine groups is 1. The van der Waals surface area contributed by atoms with E-state index in [0.717, 1.165) is 10.0 Å². The molecule has 1 heterocycles. The van der Waals surface area contributed by atoms with Gasteiger partial charge in [0.2, 0.25) is 0 Å². The van der Waals surface area contributed by atoms with Crippen molar-refractivity contribution in [1.82, 2.24) is 10.6 Å². The minimum Gasteiger partial charge on any atom is -0.338 e. The summed E-state index contributed by atoms with van der Waals surface area (Å²) < 4.78 is 0.958. The molecule has 0 aromatic heterocycles. The molecule has 1 unspecified atom stereocenters. The molecule has 0 saturated carbocycles. The summed E-state index contributed by atoms with van der Waals surface area (Å²) >= 11 is 3.42. The van der Waals surface area contributed by atoms with Gasteiger partial charge in [-0.25, -0.2) is 0 Å². The highest BCUT2D eigenvalue weighted by atomic mass is 79.9. The van der Waals surface area contributed by atoms with Crippen LogP contribution in [0.25, 0.3) is 0 Å². The maximum atomic E-state index is 12.1. The molecule has 2 N–H and O–H groups in total. The van der Waals surface area contributed by atoms with Gasteiger partial charge in [-0.05, 0) is 24.1 Å². The highest BCUT2D eigenvalue weighted by Gasteiger charge is 2.44. The number of benzene rings is 1. The number of carbonyl (C=O) groups is 1. The lowest BCUT2D eigenvalue weighted by atomic mass is 9.87. The number of aliphatic imine (C=N–C) groups is 1. The van der Waals surface area contributed by atoms with Gasteiger partial charge in [0.05, 0.1) is 0 Å². The van der Waals surface area contributed by atoms with Gasteiger partial charge in [-0.15, -0.1) is 0 Å². The molecule has 5 heteroatoms. The number of nitrogens with zero attached hydrogens (tertiary/aromatic N) is 1. The maximum absolute atomic E-state index is 12.1. The molecule has 1 atom stereocenters. The summed E-state index contributed by atoms with van der Waals surface area (Å²) in [6.45, 7) is 1.98. The van der Waals surface area contributed by atoms with Gasteiger partial charge in [-0.1, -0.05) is 35.0 Å². The number of rotatable bonds is 2. The van der Waals surface area contributed by atoms with Gasteiger partial charge in [0, 0.05) is 11.5 Å². The van der Waals surface area contributed by atoms with Crippen molar-refractivity contribution in [1.29, 1.82) is 0 Å². The van der Waals surface area contributed by atoms with Crippen LogP contribution in [0.2, 0.25) is 0 Å². The minimum atomic E-state index is -0.710. The number of hydrogen-bond acceptors (Lipinski definition) is 2. The molecule has 1 saturated heterocycles. The Morgan fingerprint density at radius 1 is 1.47 bits per heavy atom. The second kappa shape index (κ2) is 4.49. The topological polar surface area (TPSA) is 53.5 Å². The zero-order valence-electron chi connectivity index (χ0n) is 9.75. The van der Waals surface area contributed by atoms with Crippen molar-refractivity contribution >= 4 is 27.8 Å². The average molecular weight is 296 g/mol. The van der Waals surface area contributed by atoms with Crippen molar-refractivity contribution in [3.8, 4) is 0 Å². The lowest BCUT2D eigenvalue weighted by molar-refractivity contribution is -0.124. The standard InChI is InChI=1S/C12H14BrN3O/c1-3-12(8-5-4-6-9(13)7-8)10(17)15-11(14-2)16-12/h4-7H,3H2,1-2H3,(H2,14,15,16,17). The first-order valence-electron chi connectivity index (χ1n) is 5.45. The molecule has 1 fully saturated rings. The fraction of sp³-hybridized carbons (Fsp3) is 0.333. The summed E-state index contributed by atoms with van der Waals surface area (Å²) in [5, 5.41) is 5.91. The molecule has 1 aliphatic rings. The molecule has 17 heavy (non-hydrogen) atoms. The number of amides is 1. The molecule has 0 radical (unpaired) electrons. The van der Waals surface area contributed by atoms with Gasteiger partial charge in [-0.2, -0.15) is 0 Å². The van der Waals surface area contributed by atoms with Crippen molar-refractivity contribution in [3.05, 3.63) is 34.3 Å². The van der Waals surface area contributed by atoms with Gasteiger partial charge in [0.25, 0.3) is 5.91 Å². The Kier molecular flexibility index (Phi) is 3.19. The lowest BCUT2D eigenvalue weighted by Gasteiger charge is -2.25. The van der Waals surface area contributed by atoms with Crippen LogP contribution >= 0.6 is 15.9 Å². The van der Waals surface area contributed by atoms with E-state index in [1.807, 2.05) is 31.2 Å². The maximum Gasteiger partial charge on any atom is 0.257 e. The molecule has 0 aliphatic carbocycles. The summed E-state index contributed by atoms with van der Waals surface area (Å²) in [7, 11) is 1.65. The van der Waals surface area contributed by atoms with E-state index < -0.39 is 5.54 Å². The molecule has 0 spiro atoms. The van der Waals surface area contributed by atoms with Gasteiger partial charge >= 0.3 is 0 Å². The first kappa shape index (κ1) is 12.1. The van der Waals surface area contributed by atoms with E-state index in [1.165, 1.54) is 0 Å². The fourth-order valence-electron chi connectivity index (χ4n) is 2.03. The number of hydrogen-bond donors (Lipinski definition) is 2. The number of halogens is 1. The van der Waals surface area contributed by atoms with Gasteiger partial charge in [0.1, 0.15) is 5.54 Å². The molecule has 1 amide bonds. The predicted octanol–water partition coefficient (Wildman–Crippen LogP) is 1.76. The van der Waals surface area contributed by atoms with E-state index >= 15 is 0 Å². The van der Waals surface area contributed by atoms with Crippen molar-refractivity contribution in [2.24, 2.45) is 4.99 Å². The fourth-order valence-corrected chi connectivity index (χ4v) is 2.43. The summed E-state index contributed by atoms with van der Waals surface area (Å²) in [6.07, 6.45) is 0.661. The summed E-state index contributed by atoms with van der Waals surface area (Å²) in [5.41, 5.74) is 0.226. The lowest BCUT2D eigenvalue weighted by Crippen LogP contribution is -2.43. The molecule has 1 aromatic carbocycles. The Labute approximate surface area is 109 Å². The van der Waals surface area contributed by atoms with Crippen LogP contribution in [0, 0.1) is 0 Å². The third-order valence-corrected chi connectivity index (χ3v) is 3.52. The van der Waals surface area contributed by atoms with Crippen LogP contribution in [0.3, 0.4) is 0 Å². The van der Waals surface area contributed by atoms with Gasteiger partial charge in [0.15, 0.2) is 5.96 Å². The van der Waals surface area contributed by atoms with E-state index in [4.69, 9.17) is 0 Å². The largest absolute Gasteiger partial charge is 0.338 e. The Balaban J connectivity index is 2.49. The zero-order valence-corrected chi connectivity index (χ0v) is 11.3. The molecule has 1 aromatic rings. The molecular weight excluding hydrogens is 282 g/mol. The third-order valence-electron chi connectivity index (χ3n) is 3.02. The molecule has 90 valence electrons. The highest BCUT2D eigenvalue weighted by Crippen LogP contribution is 2.30. The summed E-state index contributed by atoms with van der Waals surface area (Å²) in [5.74, 6) is 0.468. The van der Waals surface area contributed by atoms with Crippen LogP contribution in [0.1, 0.15) is 18.9 Å². The number of carbonyl (C=O) groups excluding carboxylic acids is 1. The van der Waals surface area contributed by atoms with Crippen molar-refractivity contribution in [2.75, 3.05) is 7.05 Å². The minimum absolute atomic E-state index is 0.0568. The van der Waals surface area contributed by atoms with Crippen LogP contribution in [0.4, 0.5) is 0 Å². The predicted molar refractivity (Wildman–Crippen MR) is 70.7 cm³/mol. The van der Waals surface area contributed by atoms with E-state index in [-0.39, 0.29) is 5.91 Å². The molecule has 2 rings (SSSR count). The van der Waals surface area contributed by atoms with Crippen molar-refractivity contribution in [2.45, 2.75) is 18.9 Å². The van der Waals surface area contributed by atoms with Crippen LogP contribution in [0.5, 0.6) is 0 Å². The third kappa shape index (κ3) is 1.95. The second-order valence-electron chi connectivity index (χ2n) is 3.92. The van der Waals surface area contributed by atoms with E-state index in [0.29, 0.717) is 12.4 Å². The second-order valence-corrected chi connectivity index (χ2v) is 4.84. The average Bonchev–Trinajstić information content (AvgIpc) is 2.67. The van der Waals surface area contributed by atoms with Crippen LogP contribution in [0.15, 0.2) is 33.7 Å². The van der Waals surface area contributed by atoms with Crippen LogP contribution in [-0.2, 0) is 10.3 Å². The summed E-state index contributed by atoms with van der Waals surface area (Å²) in [4.78, 5) is 16.1. The number of nitrogens with one attached hydrogen (secondary N) is 2. The zero-order chi connectivity index (χ0) is 12.5. The Hall–Kier alpha value is -1.36. The monoisotopic (exact) mass is 295 g/mol. The Bertz CT molecular complexity index is 486. The molecule has 4 nitrogen and oxygen atoms in total. The van der Waals surface area contributed by atoms with Gasteiger partial charge in [-0.3, -0.25) is 15.1 Å². The quantitative estimate of drug-likeness (QED) is 0.874. The molecular formula is C12H14BrN3O. The first-order valence-corrected chi connectivity index (χ1v) is 6.24. The summed E-state index contributed by atoms with van der Waals surface area (Å²) in [6, 6.07) is 7.76. The normalized spacial score (nSPS) is 25.8. The highest BCUT2D eigenvalue weighted by molar-refractivity contribution is 9.10. The molecule has 1 aliphatic heterocycles. The van der Waals surface area contributed by atoms with Crippen LogP contribution in [-0.4, -0.2) is 18.9 Å². The Morgan fingerprint density at radius 3 is 2.76 bits per heavy atom. The SMILES string of the molecule is CCC1(c2cccc(Br)c2)NC(=NC)NC1=O. The van der Waals surface area contributed by atoms with Gasteiger partial charge < -0.3 is 5.32 Å². The van der Waals surface area contributed by atoms with Crippen molar-refractivity contribution in [3.63, 3.8) is 0 Å².